The number of nitrogens with zero attached hydrogens (tertiary/aromatic N) is 4. The van der Waals surface area contributed by atoms with Crippen molar-refractivity contribution >= 4 is 27.5 Å². The highest BCUT2D eigenvalue weighted by atomic mass is 79.9. The number of carbonyl (C=O) groups excluding carboxylic acids is 1. The molecule has 0 spiro atoms. The first-order chi connectivity index (χ1) is 10.7. The van der Waals surface area contributed by atoms with Crippen LogP contribution in [0.4, 0.5) is 5.69 Å². The molecular weight excluding hydrogens is 346 g/mol. The summed E-state index contributed by atoms with van der Waals surface area (Å²) in [5, 5.41) is 14.3. The first-order valence-electron chi connectivity index (χ1n) is 6.60. The Morgan fingerprint density at radius 3 is 2.59 bits per heavy atom. The summed E-state index contributed by atoms with van der Waals surface area (Å²) in [5.74, 6) is 0.360. The fourth-order valence-electron chi connectivity index (χ4n) is 1.99. The maximum absolute atomic E-state index is 12.2. The molecule has 0 aliphatic heterocycles. The molecule has 0 aliphatic rings. The average molecular weight is 358 g/mol. The van der Waals surface area contributed by atoms with Gasteiger partial charge in [-0.05, 0) is 38.5 Å². The van der Waals surface area contributed by atoms with Crippen LogP contribution >= 0.6 is 15.9 Å². The lowest BCUT2D eigenvalue weighted by Gasteiger charge is -2.08. The van der Waals surface area contributed by atoms with Gasteiger partial charge in [-0.15, -0.1) is 5.10 Å². The summed E-state index contributed by atoms with van der Waals surface area (Å²) < 4.78 is 2.30. The van der Waals surface area contributed by atoms with Crippen molar-refractivity contribution in [2.45, 2.75) is 6.54 Å². The summed E-state index contributed by atoms with van der Waals surface area (Å²) in [6.07, 6.45) is 0. The molecule has 0 unspecified atom stereocenters. The molecule has 0 saturated heterocycles. The molecule has 1 aromatic heterocycles. The van der Waals surface area contributed by atoms with E-state index in [-0.39, 0.29) is 12.5 Å². The molecule has 3 rings (SSSR count). The highest BCUT2D eigenvalue weighted by molar-refractivity contribution is 9.10. The molecule has 0 fully saturated rings. The Labute approximate surface area is 135 Å². The van der Waals surface area contributed by atoms with Gasteiger partial charge in [0.05, 0.1) is 5.69 Å². The smallest absolute Gasteiger partial charge is 0.246 e. The predicted molar refractivity (Wildman–Crippen MR) is 86.0 cm³/mol. The van der Waals surface area contributed by atoms with Gasteiger partial charge in [-0.25, -0.2) is 4.68 Å². The van der Waals surface area contributed by atoms with Gasteiger partial charge in [0, 0.05) is 10.0 Å². The molecule has 0 radical (unpaired) electrons. The van der Waals surface area contributed by atoms with Crippen molar-refractivity contribution in [3.05, 3.63) is 59.1 Å². The van der Waals surface area contributed by atoms with Gasteiger partial charge < -0.3 is 5.32 Å². The van der Waals surface area contributed by atoms with E-state index in [1.807, 2.05) is 54.6 Å². The number of halogens is 1. The minimum Gasteiger partial charge on any atom is -0.323 e. The maximum atomic E-state index is 12.2. The van der Waals surface area contributed by atoms with Crippen LogP contribution in [0.15, 0.2) is 59.1 Å². The van der Waals surface area contributed by atoms with Crippen molar-refractivity contribution in [1.29, 1.82) is 0 Å². The summed E-state index contributed by atoms with van der Waals surface area (Å²) in [4.78, 5) is 12.2. The van der Waals surface area contributed by atoms with E-state index >= 15 is 0 Å². The van der Waals surface area contributed by atoms with E-state index in [1.54, 1.807) is 0 Å². The second-order valence-electron chi connectivity index (χ2n) is 4.55. The maximum Gasteiger partial charge on any atom is 0.246 e. The fraction of sp³-hybridized carbons (Fsp3) is 0.0667. The van der Waals surface area contributed by atoms with Crippen LogP contribution in [0.3, 0.4) is 0 Å². The minimum atomic E-state index is -0.198. The summed E-state index contributed by atoms with van der Waals surface area (Å²) in [7, 11) is 0. The van der Waals surface area contributed by atoms with E-state index in [4.69, 9.17) is 0 Å². The van der Waals surface area contributed by atoms with E-state index < -0.39 is 0 Å². The number of rotatable bonds is 4. The number of para-hydroxylation sites is 1. The molecule has 0 atom stereocenters. The van der Waals surface area contributed by atoms with Crippen LogP contribution in [-0.2, 0) is 11.3 Å². The third-order valence-electron chi connectivity index (χ3n) is 3.01. The molecular formula is C15H12BrN5O. The molecule has 1 heterocycles. The number of hydrogen-bond donors (Lipinski definition) is 1. The van der Waals surface area contributed by atoms with Crippen LogP contribution in [-0.4, -0.2) is 26.1 Å². The van der Waals surface area contributed by atoms with E-state index in [1.165, 1.54) is 4.68 Å². The molecule has 3 aromatic rings. The first-order valence-corrected chi connectivity index (χ1v) is 7.39. The Kier molecular flexibility index (Phi) is 4.24. The number of benzene rings is 2. The van der Waals surface area contributed by atoms with Crippen molar-refractivity contribution in [3.63, 3.8) is 0 Å². The van der Waals surface area contributed by atoms with Crippen LogP contribution in [0, 0.1) is 0 Å². The number of nitrogens with one attached hydrogen (secondary N) is 1. The summed E-state index contributed by atoms with van der Waals surface area (Å²) in [6.45, 7) is 0.0402. The Morgan fingerprint density at radius 1 is 1.09 bits per heavy atom. The molecule has 2 aromatic carbocycles. The highest BCUT2D eigenvalue weighted by Crippen LogP contribution is 2.21. The van der Waals surface area contributed by atoms with Crippen molar-refractivity contribution in [2.75, 3.05) is 5.32 Å². The molecule has 110 valence electrons. The number of amides is 1. The number of hydrogen-bond acceptors (Lipinski definition) is 4. The van der Waals surface area contributed by atoms with E-state index in [9.17, 15) is 4.79 Å². The average Bonchev–Trinajstić information content (AvgIpc) is 2.98. The van der Waals surface area contributed by atoms with Crippen LogP contribution in [0.25, 0.3) is 11.4 Å². The second kappa shape index (κ2) is 6.48. The third-order valence-corrected chi connectivity index (χ3v) is 3.70. The molecule has 1 N–H and O–H groups in total. The van der Waals surface area contributed by atoms with Gasteiger partial charge in [0.2, 0.25) is 5.91 Å². The fourth-order valence-corrected chi connectivity index (χ4v) is 2.38. The predicted octanol–water partition coefficient (Wildman–Crippen LogP) is 2.74. The SMILES string of the molecule is O=C(Cn1nnnc1-c1ccccc1)Nc1ccccc1Br. The van der Waals surface area contributed by atoms with Crippen molar-refractivity contribution in [1.82, 2.24) is 20.2 Å². The second-order valence-corrected chi connectivity index (χ2v) is 5.41. The topological polar surface area (TPSA) is 72.7 Å². The summed E-state index contributed by atoms with van der Waals surface area (Å²) >= 11 is 3.39. The zero-order valence-electron chi connectivity index (χ0n) is 11.5. The van der Waals surface area contributed by atoms with Crippen LogP contribution in [0.2, 0.25) is 0 Å². The Hall–Kier alpha value is -2.54. The molecule has 7 heteroatoms. The molecule has 0 bridgehead atoms. The van der Waals surface area contributed by atoms with Gasteiger partial charge in [-0.2, -0.15) is 0 Å². The number of anilines is 1. The van der Waals surface area contributed by atoms with Crippen LogP contribution in [0.1, 0.15) is 0 Å². The van der Waals surface area contributed by atoms with Crippen molar-refractivity contribution < 1.29 is 4.79 Å². The van der Waals surface area contributed by atoms with Gasteiger partial charge >= 0.3 is 0 Å². The minimum absolute atomic E-state index is 0.0402. The third kappa shape index (κ3) is 3.20. The van der Waals surface area contributed by atoms with Crippen LogP contribution < -0.4 is 5.32 Å². The lowest BCUT2D eigenvalue weighted by atomic mass is 10.2. The molecule has 1 amide bonds. The number of carbonyl (C=O) groups is 1. The zero-order chi connectivity index (χ0) is 15.4. The van der Waals surface area contributed by atoms with E-state index in [0.29, 0.717) is 11.5 Å². The number of aromatic nitrogens is 4. The highest BCUT2D eigenvalue weighted by Gasteiger charge is 2.12. The Bertz CT molecular complexity index is 787. The molecule has 6 nitrogen and oxygen atoms in total. The lowest BCUT2D eigenvalue weighted by molar-refractivity contribution is -0.116. The summed E-state index contributed by atoms with van der Waals surface area (Å²) in [5.41, 5.74) is 1.57. The molecule has 22 heavy (non-hydrogen) atoms. The van der Waals surface area contributed by atoms with Crippen molar-refractivity contribution in [2.24, 2.45) is 0 Å². The van der Waals surface area contributed by atoms with Crippen molar-refractivity contribution in [3.8, 4) is 11.4 Å². The molecule has 0 saturated carbocycles. The zero-order valence-corrected chi connectivity index (χ0v) is 13.1. The monoisotopic (exact) mass is 357 g/mol. The van der Waals surface area contributed by atoms with Gasteiger partial charge in [-0.1, -0.05) is 42.5 Å². The standard InChI is InChI=1S/C15H12BrN5O/c16-12-8-4-5-9-13(12)17-14(22)10-21-15(18-19-20-21)11-6-2-1-3-7-11/h1-9H,10H2,(H,17,22). The lowest BCUT2D eigenvalue weighted by Crippen LogP contribution is -2.20. The largest absolute Gasteiger partial charge is 0.323 e. The Morgan fingerprint density at radius 2 is 1.82 bits per heavy atom. The van der Waals surface area contributed by atoms with Gasteiger partial charge in [0.1, 0.15) is 6.54 Å². The molecule has 0 aliphatic carbocycles. The van der Waals surface area contributed by atoms with E-state index in [0.717, 1.165) is 10.0 Å². The van der Waals surface area contributed by atoms with E-state index in [2.05, 4.69) is 36.8 Å². The number of tetrazole rings is 1. The first kappa shape index (κ1) is 14.4. The van der Waals surface area contributed by atoms with Crippen LogP contribution in [0.5, 0.6) is 0 Å². The Balaban J connectivity index is 1.76. The van der Waals surface area contributed by atoms with Gasteiger partial charge in [-0.3, -0.25) is 4.79 Å². The quantitative estimate of drug-likeness (QED) is 0.779. The van der Waals surface area contributed by atoms with Gasteiger partial charge in [0.15, 0.2) is 5.82 Å². The summed E-state index contributed by atoms with van der Waals surface area (Å²) in [6, 6.07) is 16.9. The normalized spacial score (nSPS) is 10.4. The van der Waals surface area contributed by atoms with Gasteiger partial charge in [0.25, 0.3) is 0 Å².